The monoisotopic (exact) mass is 322 g/mol. The molecule has 0 unspecified atom stereocenters. The molecule has 122 valence electrons. The Labute approximate surface area is 131 Å². The van der Waals surface area contributed by atoms with Crippen LogP contribution in [-0.4, -0.2) is 33.7 Å². The van der Waals surface area contributed by atoms with Crippen molar-refractivity contribution in [3.05, 3.63) is 47.0 Å². The van der Waals surface area contributed by atoms with E-state index in [1.807, 2.05) is 0 Å². The molecule has 1 amide bonds. The van der Waals surface area contributed by atoms with Crippen molar-refractivity contribution in [1.82, 2.24) is 20.5 Å². The number of benzene rings is 1. The Bertz CT molecular complexity index is 719. The van der Waals surface area contributed by atoms with Gasteiger partial charge in [-0.2, -0.15) is 5.10 Å². The van der Waals surface area contributed by atoms with Crippen LogP contribution in [0.25, 0.3) is 0 Å². The van der Waals surface area contributed by atoms with Gasteiger partial charge < -0.3 is 10.1 Å². The third-order valence-corrected chi connectivity index (χ3v) is 3.70. The molecule has 0 saturated carbocycles. The van der Waals surface area contributed by atoms with Gasteiger partial charge in [0.25, 0.3) is 5.91 Å². The van der Waals surface area contributed by atoms with Gasteiger partial charge in [0.1, 0.15) is 11.9 Å². The lowest BCUT2D eigenvalue weighted by Crippen LogP contribution is -2.32. The topological polar surface area (TPSA) is 79.9 Å². The molecule has 1 aliphatic rings. The number of aromatic amines is 1. The van der Waals surface area contributed by atoms with Crippen LogP contribution in [-0.2, 0) is 4.74 Å². The van der Waals surface area contributed by atoms with E-state index in [1.165, 1.54) is 12.1 Å². The molecule has 1 saturated heterocycles. The maximum Gasteiger partial charge on any atom is 0.254 e. The van der Waals surface area contributed by atoms with Crippen molar-refractivity contribution in [2.24, 2.45) is 0 Å². The predicted molar refractivity (Wildman–Crippen MR) is 76.7 cm³/mol. The Morgan fingerprint density at radius 2 is 2.26 bits per heavy atom. The Hall–Kier alpha value is -2.35. The number of hydrogen-bond acceptors (Lipinski definition) is 4. The van der Waals surface area contributed by atoms with Crippen LogP contribution in [0.3, 0.4) is 0 Å². The lowest BCUT2D eigenvalue weighted by Gasteiger charge is -2.13. The van der Waals surface area contributed by atoms with Crippen molar-refractivity contribution in [1.29, 1.82) is 0 Å². The summed E-state index contributed by atoms with van der Waals surface area (Å²) in [5.41, 5.74) is -0.316. The van der Waals surface area contributed by atoms with Gasteiger partial charge in [-0.1, -0.05) is 6.07 Å². The van der Waals surface area contributed by atoms with Crippen LogP contribution >= 0.6 is 0 Å². The molecule has 0 spiro atoms. The maximum atomic E-state index is 13.6. The second kappa shape index (κ2) is 6.41. The molecule has 0 radical (unpaired) electrons. The first-order valence-electron chi connectivity index (χ1n) is 7.31. The molecular formula is C15H16F2N4O2. The number of H-pyrrole nitrogens is 1. The third-order valence-electron chi connectivity index (χ3n) is 3.70. The van der Waals surface area contributed by atoms with E-state index < -0.39 is 17.5 Å². The van der Waals surface area contributed by atoms with E-state index in [0.717, 1.165) is 18.9 Å². The van der Waals surface area contributed by atoms with Gasteiger partial charge in [0.05, 0.1) is 11.7 Å². The molecular weight excluding hydrogens is 306 g/mol. The van der Waals surface area contributed by atoms with Crippen LogP contribution in [0, 0.1) is 18.6 Å². The fourth-order valence-corrected chi connectivity index (χ4v) is 2.53. The summed E-state index contributed by atoms with van der Waals surface area (Å²) in [6.07, 6.45) is 1.04. The van der Waals surface area contributed by atoms with Crippen LogP contribution in [0.2, 0.25) is 0 Å². The zero-order valence-corrected chi connectivity index (χ0v) is 12.5. The number of ether oxygens (including phenoxy) is 1. The van der Waals surface area contributed by atoms with Crippen molar-refractivity contribution in [3.8, 4) is 0 Å². The number of aromatic nitrogens is 3. The summed E-state index contributed by atoms with van der Waals surface area (Å²) in [5, 5.41) is 9.38. The third kappa shape index (κ3) is 3.37. The van der Waals surface area contributed by atoms with Crippen LogP contribution in [0.1, 0.15) is 41.0 Å². The van der Waals surface area contributed by atoms with Crippen LogP contribution in [0.4, 0.5) is 8.78 Å². The number of halogens is 2. The molecule has 8 heteroatoms. The minimum absolute atomic E-state index is 0.209. The molecule has 2 heterocycles. The second-order valence-corrected chi connectivity index (χ2v) is 5.41. The van der Waals surface area contributed by atoms with Gasteiger partial charge in [0.2, 0.25) is 0 Å². The van der Waals surface area contributed by atoms with Crippen molar-refractivity contribution in [2.45, 2.75) is 32.0 Å². The Kier molecular flexibility index (Phi) is 4.33. The predicted octanol–water partition coefficient (Wildman–Crippen LogP) is 2.04. The molecule has 2 N–H and O–H groups in total. The number of nitrogens with zero attached hydrogens (tertiary/aromatic N) is 2. The summed E-state index contributed by atoms with van der Waals surface area (Å²) >= 11 is 0. The van der Waals surface area contributed by atoms with E-state index >= 15 is 0 Å². The van der Waals surface area contributed by atoms with Gasteiger partial charge in [0, 0.05) is 6.54 Å². The van der Waals surface area contributed by atoms with E-state index in [9.17, 15) is 13.6 Å². The first-order valence-corrected chi connectivity index (χ1v) is 7.31. The SMILES string of the molecule is Cc1nc([C@@H]2CC[C@H](CNC(=O)c3cccc(F)c3F)O2)n[nH]1. The number of hydrogen-bond donors (Lipinski definition) is 2. The largest absolute Gasteiger partial charge is 0.365 e. The van der Waals surface area contributed by atoms with E-state index in [1.54, 1.807) is 6.92 Å². The Morgan fingerprint density at radius 1 is 1.43 bits per heavy atom. The molecule has 1 aromatic carbocycles. The Morgan fingerprint density at radius 3 is 3.00 bits per heavy atom. The highest BCUT2D eigenvalue weighted by molar-refractivity contribution is 5.94. The smallest absolute Gasteiger partial charge is 0.254 e. The van der Waals surface area contributed by atoms with Crippen molar-refractivity contribution in [3.63, 3.8) is 0 Å². The average Bonchev–Trinajstić information content (AvgIpc) is 3.16. The highest BCUT2D eigenvalue weighted by atomic mass is 19.2. The van der Waals surface area contributed by atoms with E-state index in [2.05, 4.69) is 20.5 Å². The normalized spacial score (nSPS) is 20.7. The number of nitrogens with one attached hydrogen (secondary N) is 2. The Balaban J connectivity index is 1.55. The number of rotatable bonds is 4. The quantitative estimate of drug-likeness (QED) is 0.903. The highest BCUT2D eigenvalue weighted by Gasteiger charge is 2.29. The zero-order valence-electron chi connectivity index (χ0n) is 12.5. The number of carbonyl (C=O) groups is 1. The fourth-order valence-electron chi connectivity index (χ4n) is 2.53. The first-order chi connectivity index (χ1) is 11.0. The van der Waals surface area contributed by atoms with E-state index in [-0.39, 0.29) is 24.3 Å². The van der Waals surface area contributed by atoms with Gasteiger partial charge in [-0.25, -0.2) is 13.8 Å². The summed E-state index contributed by atoms with van der Waals surface area (Å²) in [4.78, 5) is 16.1. The van der Waals surface area contributed by atoms with Crippen LogP contribution < -0.4 is 5.32 Å². The molecule has 1 aliphatic heterocycles. The molecule has 1 fully saturated rings. The van der Waals surface area contributed by atoms with E-state index in [0.29, 0.717) is 11.6 Å². The summed E-state index contributed by atoms with van der Waals surface area (Å²) < 4.78 is 32.4. The van der Waals surface area contributed by atoms with Gasteiger partial charge in [-0.05, 0) is 31.9 Å². The molecule has 3 rings (SSSR count). The van der Waals surface area contributed by atoms with Gasteiger partial charge in [-0.3, -0.25) is 9.89 Å². The zero-order chi connectivity index (χ0) is 16.4. The van der Waals surface area contributed by atoms with Gasteiger partial charge in [-0.15, -0.1) is 0 Å². The molecule has 0 bridgehead atoms. The fraction of sp³-hybridized carbons (Fsp3) is 0.400. The van der Waals surface area contributed by atoms with Crippen molar-refractivity contribution >= 4 is 5.91 Å². The highest BCUT2D eigenvalue weighted by Crippen LogP contribution is 2.30. The first kappa shape index (κ1) is 15.5. The standard InChI is InChI=1S/C15H16F2N4O2/c1-8-19-14(21-20-8)12-6-5-9(23-12)7-18-15(22)10-3-2-4-11(16)13(10)17/h2-4,9,12H,5-7H2,1H3,(H,18,22)(H,19,20,21)/t9-,12+/m1/s1. The van der Waals surface area contributed by atoms with Gasteiger partial charge in [0.15, 0.2) is 17.5 Å². The minimum Gasteiger partial charge on any atom is -0.365 e. The lowest BCUT2D eigenvalue weighted by molar-refractivity contribution is 0.0391. The average molecular weight is 322 g/mol. The molecule has 1 aromatic heterocycles. The van der Waals surface area contributed by atoms with Gasteiger partial charge >= 0.3 is 0 Å². The minimum atomic E-state index is -1.15. The summed E-state index contributed by atoms with van der Waals surface area (Å²) in [5.74, 6) is -1.56. The number of amides is 1. The summed E-state index contributed by atoms with van der Waals surface area (Å²) in [6, 6.07) is 3.50. The number of aryl methyl sites for hydroxylation is 1. The maximum absolute atomic E-state index is 13.6. The van der Waals surface area contributed by atoms with Crippen molar-refractivity contribution < 1.29 is 18.3 Å². The van der Waals surface area contributed by atoms with Crippen molar-refractivity contribution in [2.75, 3.05) is 6.54 Å². The summed E-state index contributed by atoms with van der Waals surface area (Å²) in [7, 11) is 0. The number of carbonyl (C=O) groups excluding carboxylic acids is 1. The molecule has 2 atom stereocenters. The molecule has 6 nitrogen and oxygen atoms in total. The van der Waals surface area contributed by atoms with Crippen LogP contribution in [0.5, 0.6) is 0 Å². The lowest BCUT2D eigenvalue weighted by atomic mass is 10.1. The molecule has 23 heavy (non-hydrogen) atoms. The molecule has 0 aliphatic carbocycles. The second-order valence-electron chi connectivity index (χ2n) is 5.41. The van der Waals surface area contributed by atoms with E-state index in [4.69, 9.17) is 4.74 Å². The molecule has 2 aromatic rings. The van der Waals surface area contributed by atoms with Crippen LogP contribution in [0.15, 0.2) is 18.2 Å². The summed E-state index contributed by atoms with van der Waals surface area (Å²) in [6.45, 7) is 2.02.